The second-order valence-corrected chi connectivity index (χ2v) is 9.08. The van der Waals surface area contributed by atoms with Crippen LogP contribution in [0.4, 0.5) is 5.69 Å². The molecule has 28 heavy (non-hydrogen) atoms. The van der Waals surface area contributed by atoms with Crippen LogP contribution in [0.1, 0.15) is 56.2 Å². The molecule has 1 amide bonds. The normalized spacial score (nSPS) is 12.0. The molecule has 0 bridgehead atoms. The molecule has 0 unspecified atom stereocenters. The molecule has 0 aromatic heterocycles. The summed E-state index contributed by atoms with van der Waals surface area (Å²) in [6, 6.07) is 14.9. The van der Waals surface area contributed by atoms with Crippen molar-refractivity contribution in [3.05, 3.63) is 65.2 Å². The molecule has 7 heteroatoms. The van der Waals surface area contributed by atoms with E-state index < -0.39 is 20.2 Å². The zero-order chi connectivity index (χ0) is 20.9. The Morgan fingerprint density at radius 1 is 0.964 bits per heavy atom. The molecular formula is C21H29N2O4P. The largest absolute Gasteiger partial charge is 0.403 e. The van der Waals surface area contributed by atoms with Crippen molar-refractivity contribution in [1.82, 2.24) is 4.67 Å². The van der Waals surface area contributed by atoms with E-state index in [9.17, 15) is 19.1 Å². The van der Waals surface area contributed by atoms with Crippen LogP contribution >= 0.6 is 7.75 Å². The van der Waals surface area contributed by atoms with E-state index in [-0.39, 0.29) is 18.4 Å². The molecular weight excluding hydrogens is 375 g/mol. The molecule has 2 aromatic carbocycles. The Hall–Kier alpha value is -1.98. The molecule has 0 aliphatic rings. The first-order chi connectivity index (χ1) is 13.1. The van der Waals surface area contributed by atoms with Gasteiger partial charge >= 0.3 is 7.75 Å². The third-order valence-corrected chi connectivity index (χ3v) is 5.56. The summed E-state index contributed by atoms with van der Waals surface area (Å²) in [5.74, 6) is -0.0401. The maximum absolute atomic E-state index is 12.7. The highest BCUT2D eigenvalue weighted by Crippen LogP contribution is 2.41. The Morgan fingerprint density at radius 2 is 1.50 bits per heavy atom. The number of amides is 1. The Morgan fingerprint density at radius 3 is 1.96 bits per heavy atom. The van der Waals surface area contributed by atoms with Gasteiger partial charge in [-0.1, -0.05) is 76.2 Å². The maximum Gasteiger partial charge on any atom is 0.403 e. The Balaban J connectivity index is 2.25. The Labute approximate surface area is 166 Å². The summed E-state index contributed by atoms with van der Waals surface area (Å²) >= 11 is 0. The smallest absolute Gasteiger partial charge is 0.324 e. The molecule has 0 atom stereocenters. The van der Waals surface area contributed by atoms with E-state index in [2.05, 4.69) is 5.32 Å². The fourth-order valence-electron chi connectivity index (χ4n) is 3.07. The molecule has 0 radical (unpaired) electrons. The van der Waals surface area contributed by atoms with Gasteiger partial charge in [-0.3, -0.25) is 4.79 Å². The van der Waals surface area contributed by atoms with Crippen LogP contribution in [0.5, 0.6) is 0 Å². The lowest BCUT2D eigenvalue weighted by atomic mass is 9.92. The van der Waals surface area contributed by atoms with Gasteiger partial charge in [-0.2, -0.15) is 4.67 Å². The molecule has 0 heterocycles. The molecule has 2 rings (SSSR count). The first kappa shape index (κ1) is 22.3. The molecule has 0 fully saturated rings. The number of carbonyl (C=O) groups excluding carboxylic acids is 1. The van der Waals surface area contributed by atoms with Gasteiger partial charge in [0.1, 0.15) is 0 Å². The standard InChI is InChI=1S/C21H29N2O4P/c1-15(2)18-11-8-12-19(16(3)4)21(18)22-20(24)14-23(28(25,26)27)13-17-9-6-5-7-10-17/h5-12,15-16H,13-14H2,1-4H3,(H,22,24)(H2,25,26,27). The minimum atomic E-state index is -4.59. The summed E-state index contributed by atoms with van der Waals surface area (Å²) < 4.78 is 12.8. The third-order valence-electron chi connectivity index (χ3n) is 4.54. The lowest BCUT2D eigenvalue weighted by Gasteiger charge is -2.24. The summed E-state index contributed by atoms with van der Waals surface area (Å²) in [6.45, 7) is 7.78. The predicted molar refractivity (Wildman–Crippen MR) is 112 cm³/mol. The highest BCUT2D eigenvalue weighted by atomic mass is 31.2. The number of benzene rings is 2. The van der Waals surface area contributed by atoms with E-state index in [0.29, 0.717) is 0 Å². The summed E-state index contributed by atoms with van der Waals surface area (Å²) in [6.07, 6.45) is 0. The number of carbonyl (C=O) groups is 1. The monoisotopic (exact) mass is 404 g/mol. The number of nitrogens with zero attached hydrogens (tertiary/aromatic N) is 1. The number of hydrogen-bond acceptors (Lipinski definition) is 2. The average Bonchev–Trinajstić information content (AvgIpc) is 2.61. The molecule has 6 nitrogen and oxygen atoms in total. The first-order valence-corrected chi connectivity index (χ1v) is 10.9. The Kier molecular flexibility index (Phi) is 7.55. The number of nitrogens with one attached hydrogen (secondary N) is 1. The van der Waals surface area contributed by atoms with Crippen LogP contribution in [0.15, 0.2) is 48.5 Å². The molecule has 0 aliphatic carbocycles. The van der Waals surface area contributed by atoms with E-state index in [0.717, 1.165) is 27.0 Å². The number of anilines is 1. The number of rotatable bonds is 8. The SMILES string of the molecule is CC(C)c1cccc(C(C)C)c1NC(=O)CN(Cc1ccccc1)P(=O)(O)O. The van der Waals surface area contributed by atoms with Crippen molar-refractivity contribution < 1.29 is 19.1 Å². The van der Waals surface area contributed by atoms with Gasteiger partial charge in [0.2, 0.25) is 5.91 Å². The summed E-state index contributed by atoms with van der Waals surface area (Å²) in [7, 11) is -4.59. The quantitative estimate of drug-likeness (QED) is 0.565. The maximum atomic E-state index is 12.7. The summed E-state index contributed by atoms with van der Waals surface area (Å²) in [5.41, 5.74) is 3.47. The molecule has 3 N–H and O–H groups in total. The van der Waals surface area contributed by atoms with E-state index in [1.165, 1.54) is 0 Å². The van der Waals surface area contributed by atoms with Gasteiger partial charge < -0.3 is 15.1 Å². The minimum Gasteiger partial charge on any atom is -0.324 e. The van der Waals surface area contributed by atoms with E-state index >= 15 is 0 Å². The van der Waals surface area contributed by atoms with Crippen molar-refractivity contribution in [2.45, 2.75) is 46.1 Å². The van der Waals surface area contributed by atoms with E-state index in [1.54, 1.807) is 24.3 Å². The van der Waals surface area contributed by atoms with Gasteiger partial charge in [-0.05, 0) is 28.5 Å². The van der Waals surface area contributed by atoms with Crippen molar-refractivity contribution >= 4 is 19.3 Å². The second-order valence-electron chi connectivity index (χ2n) is 7.49. The van der Waals surface area contributed by atoms with E-state index in [1.807, 2.05) is 52.0 Å². The summed E-state index contributed by atoms with van der Waals surface area (Å²) in [4.78, 5) is 32.1. The van der Waals surface area contributed by atoms with Gasteiger partial charge in [-0.15, -0.1) is 0 Å². The van der Waals surface area contributed by atoms with Gasteiger partial charge in [0.25, 0.3) is 0 Å². The average molecular weight is 404 g/mol. The zero-order valence-corrected chi connectivity index (χ0v) is 17.7. The van der Waals surface area contributed by atoms with Crippen molar-refractivity contribution in [1.29, 1.82) is 0 Å². The van der Waals surface area contributed by atoms with Crippen LogP contribution in [-0.2, 0) is 15.9 Å². The molecule has 0 spiro atoms. The molecule has 0 aliphatic heterocycles. The third kappa shape index (κ3) is 6.01. The molecule has 0 saturated heterocycles. The van der Waals surface area contributed by atoms with Crippen LogP contribution < -0.4 is 5.32 Å². The number of hydrogen-bond donors (Lipinski definition) is 3. The van der Waals surface area contributed by atoms with Crippen LogP contribution in [0, 0.1) is 0 Å². The van der Waals surface area contributed by atoms with Gasteiger partial charge in [-0.25, -0.2) is 4.57 Å². The van der Waals surface area contributed by atoms with Crippen LogP contribution in [0.3, 0.4) is 0 Å². The van der Waals surface area contributed by atoms with Crippen molar-refractivity contribution in [3.8, 4) is 0 Å². The fraction of sp³-hybridized carbons (Fsp3) is 0.381. The number of para-hydroxylation sites is 1. The second kappa shape index (κ2) is 9.48. The topological polar surface area (TPSA) is 89.9 Å². The van der Waals surface area contributed by atoms with Crippen molar-refractivity contribution in [3.63, 3.8) is 0 Å². The lowest BCUT2D eigenvalue weighted by molar-refractivity contribution is -0.116. The van der Waals surface area contributed by atoms with Gasteiger partial charge in [0.15, 0.2) is 0 Å². The van der Waals surface area contributed by atoms with Crippen LogP contribution in [0.2, 0.25) is 0 Å². The zero-order valence-electron chi connectivity index (χ0n) is 16.8. The highest BCUT2D eigenvalue weighted by molar-refractivity contribution is 7.49. The molecule has 152 valence electrons. The van der Waals surface area contributed by atoms with Crippen LogP contribution in [0.25, 0.3) is 0 Å². The van der Waals surface area contributed by atoms with Crippen molar-refractivity contribution in [2.24, 2.45) is 0 Å². The van der Waals surface area contributed by atoms with Gasteiger partial charge in [0, 0.05) is 12.2 Å². The van der Waals surface area contributed by atoms with Gasteiger partial charge in [0.05, 0.1) is 6.54 Å². The van der Waals surface area contributed by atoms with E-state index in [4.69, 9.17) is 0 Å². The minimum absolute atomic E-state index is 0.0125. The predicted octanol–water partition coefficient (Wildman–Crippen LogP) is 4.47. The summed E-state index contributed by atoms with van der Waals surface area (Å²) in [5, 5.41) is 2.91. The molecule has 2 aromatic rings. The van der Waals surface area contributed by atoms with Crippen LogP contribution in [-0.4, -0.2) is 26.9 Å². The molecule has 0 saturated carbocycles. The fourth-order valence-corrected chi connectivity index (χ4v) is 3.73. The first-order valence-electron chi connectivity index (χ1n) is 9.37. The highest BCUT2D eigenvalue weighted by Gasteiger charge is 2.28. The lowest BCUT2D eigenvalue weighted by Crippen LogP contribution is -2.31. The Bertz CT molecular complexity index is 820. The van der Waals surface area contributed by atoms with Crippen molar-refractivity contribution in [2.75, 3.05) is 11.9 Å².